The van der Waals surface area contributed by atoms with Crippen molar-refractivity contribution in [2.45, 2.75) is 27.7 Å². The highest BCUT2D eigenvalue weighted by molar-refractivity contribution is 8.76. The lowest BCUT2D eigenvalue weighted by molar-refractivity contribution is -0.140. The van der Waals surface area contributed by atoms with Crippen LogP contribution >= 0.6 is 21.6 Å². The summed E-state index contributed by atoms with van der Waals surface area (Å²) in [7, 11) is 3.55. The first-order valence-electron chi connectivity index (χ1n) is 5.36. The Morgan fingerprint density at radius 1 is 1.33 bits per heavy atom. The molecule has 0 aromatic heterocycles. The van der Waals surface area contributed by atoms with Crippen molar-refractivity contribution < 1.29 is 11.0 Å². The third-order valence-electron chi connectivity index (χ3n) is 1.17. The standard InChI is InChI=1S/C8H17NO2S2.C2H6.H2/c1-3-9-4-6-12-13-7-5-11-8(2)10;1-2;/h9H,3-7H2,1-2H3;1-2H3;1H. The summed E-state index contributed by atoms with van der Waals surface area (Å²) < 4.78 is 4.78. The molecular formula is C10H25NO2S2. The molecule has 0 saturated heterocycles. The summed E-state index contributed by atoms with van der Waals surface area (Å²) in [6.07, 6.45) is 0. The van der Waals surface area contributed by atoms with Crippen LogP contribution in [-0.2, 0) is 9.53 Å². The van der Waals surface area contributed by atoms with Crippen LogP contribution in [0.3, 0.4) is 0 Å². The van der Waals surface area contributed by atoms with Crippen molar-refractivity contribution in [1.29, 1.82) is 0 Å². The van der Waals surface area contributed by atoms with Gasteiger partial charge >= 0.3 is 5.97 Å². The van der Waals surface area contributed by atoms with Crippen LogP contribution in [0, 0.1) is 0 Å². The van der Waals surface area contributed by atoms with Crippen molar-refractivity contribution in [1.82, 2.24) is 5.32 Å². The summed E-state index contributed by atoms with van der Waals surface area (Å²) in [4.78, 5) is 10.4. The molecule has 0 saturated carbocycles. The highest BCUT2D eigenvalue weighted by atomic mass is 33.1. The SMILES string of the molecule is CC.CCNCCSSCCOC(C)=O.[HH]. The second-order valence-corrected chi connectivity index (χ2v) is 5.04. The minimum Gasteiger partial charge on any atom is -0.465 e. The van der Waals surface area contributed by atoms with Crippen molar-refractivity contribution in [3.63, 3.8) is 0 Å². The van der Waals surface area contributed by atoms with Gasteiger partial charge in [0.25, 0.3) is 0 Å². The van der Waals surface area contributed by atoms with Crippen LogP contribution in [0.15, 0.2) is 0 Å². The number of rotatable bonds is 8. The molecule has 0 radical (unpaired) electrons. The molecule has 5 heteroatoms. The van der Waals surface area contributed by atoms with E-state index < -0.39 is 0 Å². The lowest BCUT2D eigenvalue weighted by atomic mass is 10.7. The lowest BCUT2D eigenvalue weighted by Crippen LogP contribution is -2.15. The summed E-state index contributed by atoms with van der Waals surface area (Å²) in [5, 5.41) is 3.24. The van der Waals surface area contributed by atoms with Crippen molar-refractivity contribution in [2.24, 2.45) is 0 Å². The number of ether oxygens (including phenoxy) is 1. The van der Waals surface area contributed by atoms with Gasteiger partial charge in [0.2, 0.25) is 0 Å². The van der Waals surface area contributed by atoms with Gasteiger partial charge in [-0.3, -0.25) is 4.79 Å². The summed E-state index contributed by atoms with van der Waals surface area (Å²) in [5.41, 5.74) is 0. The molecule has 0 aliphatic carbocycles. The Bertz CT molecular complexity index is 140. The molecule has 0 atom stereocenters. The molecule has 0 fully saturated rings. The van der Waals surface area contributed by atoms with Gasteiger partial charge in [0.1, 0.15) is 6.61 Å². The number of hydrogen-bond donors (Lipinski definition) is 1. The van der Waals surface area contributed by atoms with E-state index in [0.29, 0.717) is 6.61 Å². The largest absolute Gasteiger partial charge is 0.465 e. The minimum atomic E-state index is -0.196. The molecule has 15 heavy (non-hydrogen) atoms. The molecule has 0 aliphatic rings. The average Bonchev–Trinajstić information content (AvgIpc) is 2.24. The number of esters is 1. The van der Waals surface area contributed by atoms with E-state index in [0.717, 1.165) is 24.6 Å². The van der Waals surface area contributed by atoms with Gasteiger partial charge in [0.15, 0.2) is 0 Å². The lowest BCUT2D eigenvalue weighted by Gasteiger charge is -2.02. The molecule has 0 aromatic rings. The van der Waals surface area contributed by atoms with Crippen LogP contribution < -0.4 is 5.32 Å². The van der Waals surface area contributed by atoms with Crippen LogP contribution in [0.5, 0.6) is 0 Å². The van der Waals surface area contributed by atoms with Gasteiger partial charge in [-0.25, -0.2) is 0 Å². The molecule has 0 rings (SSSR count). The van der Waals surface area contributed by atoms with Crippen molar-refractivity contribution >= 4 is 27.6 Å². The van der Waals surface area contributed by atoms with E-state index >= 15 is 0 Å². The second-order valence-electron chi connectivity index (χ2n) is 2.34. The number of carbonyl (C=O) groups excluding carboxylic acids is 1. The van der Waals surface area contributed by atoms with E-state index in [-0.39, 0.29) is 7.40 Å². The summed E-state index contributed by atoms with van der Waals surface area (Å²) in [5.74, 6) is 1.77. The Morgan fingerprint density at radius 3 is 2.47 bits per heavy atom. The van der Waals surface area contributed by atoms with E-state index in [1.807, 2.05) is 24.6 Å². The first-order chi connectivity index (χ1) is 7.27. The Kier molecular flexibility index (Phi) is 19.3. The molecule has 1 N–H and O–H groups in total. The Labute approximate surface area is 103 Å². The molecule has 0 aromatic carbocycles. The van der Waals surface area contributed by atoms with Crippen LogP contribution in [0.25, 0.3) is 0 Å². The highest BCUT2D eigenvalue weighted by Gasteiger charge is 1.93. The van der Waals surface area contributed by atoms with Crippen LogP contribution in [0.4, 0.5) is 0 Å². The Balaban J connectivity index is -0.000000529. The molecule has 94 valence electrons. The van der Waals surface area contributed by atoms with E-state index in [1.54, 1.807) is 10.8 Å². The second kappa shape index (κ2) is 16.6. The minimum absolute atomic E-state index is 0. The van der Waals surface area contributed by atoms with Gasteiger partial charge in [-0.1, -0.05) is 42.4 Å². The maximum Gasteiger partial charge on any atom is 0.302 e. The normalized spacial score (nSPS) is 9.07. The zero-order valence-corrected chi connectivity index (χ0v) is 11.8. The van der Waals surface area contributed by atoms with Crippen LogP contribution in [-0.4, -0.2) is 37.2 Å². The molecule has 0 unspecified atom stereocenters. The average molecular weight is 255 g/mol. The smallest absolute Gasteiger partial charge is 0.302 e. The van der Waals surface area contributed by atoms with Gasteiger partial charge in [-0.05, 0) is 6.54 Å². The summed E-state index contributed by atoms with van der Waals surface area (Å²) in [6, 6.07) is 0. The monoisotopic (exact) mass is 255 g/mol. The first-order valence-corrected chi connectivity index (χ1v) is 7.84. The number of carbonyl (C=O) groups is 1. The maximum absolute atomic E-state index is 10.4. The fourth-order valence-corrected chi connectivity index (χ4v) is 2.40. The molecule has 3 nitrogen and oxygen atoms in total. The van der Waals surface area contributed by atoms with Crippen LogP contribution in [0.2, 0.25) is 0 Å². The van der Waals surface area contributed by atoms with Gasteiger partial charge in [0.05, 0.1) is 0 Å². The Hall–Kier alpha value is 0.130. The number of nitrogens with one attached hydrogen (secondary N) is 1. The predicted molar refractivity (Wildman–Crippen MR) is 73.6 cm³/mol. The zero-order valence-electron chi connectivity index (χ0n) is 10.2. The van der Waals surface area contributed by atoms with Gasteiger partial charge in [0, 0.05) is 26.4 Å². The quantitative estimate of drug-likeness (QED) is 0.410. The van der Waals surface area contributed by atoms with E-state index in [4.69, 9.17) is 4.74 Å². The number of hydrogen-bond acceptors (Lipinski definition) is 5. The highest BCUT2D eigenvalue weighted by Crippen LogP contribution is 2.19. The van der Waals surface area contributed by atoms with E-state index in [9.17, 15) is 4.79 Å². The molecule has 0 heterocycles. The fourth-order valence-electron chi connectivity index (χ4n) is 0.628. The fraction of sp³-hybridized carbons (Fsp3) is 0.900. The molecule has 0 amide bonds. The topological polar surface area (TPSA) is 38.3 Å². The molecule has 0 spiro atoms. The summed E-state index contributed by atoms with van der Waals surface area (Å²) >= 11 is 0. The van der Waals surface area contributed by atoms with Crippen molar-refractivity contribution in [3.8, 4) is 0 Å². The van der Waals surface area contributed by atoms with Gasteiger partial charge in [-0.2, -0.15) is 0 Å². The molecule has 0 bridgehead atoms. The summed E-state index contributed by atoms with van der Waals surface area (Å²) in [6.45, 7) is 10.1. The van der Waals surface area contributed by atoms with Crippen molar-refractivity contribution in [3.05, 3.63) is 0 Å². The first kappa shape index (κ1) is 17.5. The van der Waals surface area contributed by atoms with Gasteiger partial charge < -0.3 is 10.1 Å². The third kappa shape index (κ3) is 20.3. The van der Waals surface area contributed by atoms with Crippen LogP contribution in [0.1, 0.15) is 29.1 Å². The maximum atomic E-state index is 10.4. The van der Waals surface area contributed by atoms with E-state index in [1.165, 1.54) is 6.92 Å². The third-order valence-corrected chi connectivity index (χ3v) is 3.54. The predicted octanol–water partition coefficient (Wildman–Crippen LogP) is 2.81. The van der Waals surface area contributed by atoms with E-state index in [2.05, 4.69) is 12.2 Å². The van der Waals surface area contributed by atoms with Gasteiger partial charge in [-0.15, -0.1) is 0 Å². The van der Waals surface area contributed by atoms with Crippen molar-refractivity contribution in [2.75, 3.05) is 31.2 Å². The zero-order chi connectivity index (χ0) is 11.9. The Morgan fingerprint density at radius 2 is 1.93 bits per heavy atom. The molecular weight excluding hydrogens is 230 g/mol. The molecule has 0 aliphatic heterocycles.